The van der Waals surface area contributed by atoms with Crippen LogP contribution in [0.25, 0.3) is 0 Å². The first kappa shape index (κ1) is 16.1. The molecule has 0 radical (unpaired) electrons. The van der Waals surface area contributed by atoms with E-state index < -0.39 is 0 Å². The van der Waals surface area contributed by atoms with E-state index in [9.17, 15) is 4.79 Å². The predicted octanol–water partition coefficient (Wildman–Crippen LogP) is 4.70. The SMILES string of the molecule is O=C(Nc1ccc(Oc2ccccc2)cc1)c1cccnc1NC1CC1. The third-order valence-electron chi connectivity index (χ3n) is 4.06. The molecule has 130 valence electrons. The summed E-state index contributed by atoms with van der Waals surface area (Å²) in [4.78, 5) is 16.9. The number of rotatable bonds is 6. The van der Waals surface area contributed by atoms with E-state index in [1.807, 2.05) is 54.6 Å². The summed E-state index contributed by atoms with van der Waals surface area (Å²) in [7, 11) is 0. The molecule has 4 rings (SSSR count). The number of carbonyl (C=O) groups excluding carboxylic acids is 1. The minimum atomic E-state index is -0.182. The lowest BCUT2D eigenvalue weighted by Crippen LogP contribution is -2.16. The maximum absolute atomic E-state index is 12.6. The summed E-state index contributed by atoms with van der Waals surface area (Å²) in [5, 5.41) is 6.20. The van der Waals surface area contributed by atoms with Gasteiger partial charge in [-0.15, -0.1) is 0 Å². The van der Waals surface area contributed by atoms with E-state index in [1.165, 1.54) is 0 Å². The Bertz CT molecular complexity index is 891. The Balaban J connectivity index is 1.43. The molecule has 1 amide bonds. The van der Waals surface area contributed by atoms with E-state index in [0.29, 0.717) is 28.9 Å². The minimum Gasteiger partial charge on any atom is -0.457 e. The van der Waals surface area contributed by atoms with Gasteiger partial charge >= 0.3 is 0 Å². The van der Waals surface area contributed by atoms with Crippen LogP contribution in [0.15, 0.2) is 72.9 Å². The number of para-hydroxylation sites is 1. The molecule has 0 spiro atoms. The van der Waals surface area contributed by atoms with Crippen molar-refractivity contribution in [2.45, 2.75) is 18.9 Å². The number of pyridine rings is 1. The number of hydrogen-bond acceptors (Lipinski definition) is 4. The summed E-state index contributed by atoms with van der Waals surface area (Å²) in [5.41, 5.74) is 1.25. The molecule has 0 saturated heterocycles. The number of ether oxygens (including phenoxy) is 1. The molecular formula is C21H19N3O2. The van der Waals surface area contributed by atoms with Crippen LogP contribution < -0.4 is 15.4 Å². The van der Waals surface area contributed by atoms with Crippen molar-refractivity contribution in [3.05, 3.63) is 78.5 Å². The first-order chi connectivity index (χ1) is 12.8. The number of hydrogen-bond donors (Lipinski definition) is 2. The summed E-state index contributed by atoms with van der Waals surface area (Å²) < 4.78 is 5.76. The van der Waals surface area contributed by atoms with Crippen molar-refractivity contribution in [1.82, 2.24) is 4.98 Å². The van der Waals surface area contributed by atoms with E-state index in [2.05, 4.69) is 15.6 Å². The number of carbonyl (C=O) groups is 1. The minimum absolute atomic E-state index is 0.182. The molecule has 0 aliphatic heterocycles. The highest BCUT2D eigenvalue weighted by Crippen LogP contribution is 2.26. The standard InChI is InChI=1S/C21H19N3O2/c25-21(19-7-4-14-22-20(19)23-15-8-9-15)24-16-10-12-18(13-11-16)26-17-5-2-1-3-6-17/h1-7,10-15H,8-9H2,(H,22,23)(H,24,25). The van der Waals surface area contributed by atoms with Crippen LogP contribution in [0, 0.1) is 0 Å². The molecule has 3 aromatic rings. The molecule has 0 unspecified atom stereocenters. The smallest absolute Gasteiger partial charge is 0.259 e. The van der Waals surface area contributed by atoms with Crippen molar-refractivity contribution in [2.24, 2.45) is 0 Å². The van der Waals surface area contributed by atoms with Crippen LogP contribution in [0.2, 0.25) is 0 Å². The monoisotopic (exact) mass is 345 g/mol. The fourth-order valence-corrected chi connectivity index (χ4v) is 2.55. The maximum Gasteiger partial charge on any atom is 0.259 e. The summed E-state index contributed by atoms with van der Waals surface area (Å²) in [6.07, 6.45) is 3.94. The molecule has 2 N–H and O–H groups in total. The van der Waals surface area contributed by atoms with Crippen LogP contribution in [-0.2, 0) is 0 Å². The molecule has 1 aliphatic rings. The number of aromatic nitrogens is 1. The normalized spacial score (nSPS) is 13.1. The van der Waals surface area contributed by atoms with Gasteiger partial charge in [0.25, 0.3) is 5.91 Å². The Morgan fingerprint density at radius 2 is 1.65 bits per heavy atom. The zero-order chi connectivity index (χ0) is 17.8. The van der Waals surface area contributed by atoms with Crippen LogP contribution in [0.5, 0.6) is 11.5 Å². The molecule has 5 heteroatoms. The van der Waals surface area contributed by atoms with Crippen molar-refractivity contribution < 1.29 is 9.53 Å². The van der Waals surface area contributed by atoms with Crippen molar-refractivity contribution in [3.63, 3.8) is 0 Å². The van der Waals surface area contributed by atoms with Gasteiger partial charge in [0.15, 0.2) is 0 Å². The molecule has 0 bridgehead atoms. The lowest BCUT2D eigenvalue weighted by molar-refractivity contribution is 0.102. The molecular weight excluding hydrogens is 326 g/mol. The predicted molar refractivity (Wildman–Crippen MR) is 102 cm³/mol. The van der Waals surface area contributed by atoms with E-state index >= 15 is 0 Å². The number of amides is 1. The number of benzene rings is 2. The lowest BCUT2D eigenvalue weighted by Gasteiger charge is -2.11. The number of nitrogens with one attached hydrogen (secondary N) is 2. The van der Waals surface area contributed by atoms with Crippen molar-refractivity contribution >= 4 is 17.4 Å². The van der Waals surface area contributed by atoms with Crippen LogP contribution >= 0.6 is 0 Å². The van der Waals surface area contributed by atoms with Gasteiger partial charge in [0.05, 0.1) is 5.56 Å². The van der Waals surface area contributed by atoms with Crippen LogP contribution in [-0.4, -0.2) is 16.9 Å². The second kappa shape index (κ2) is 7.27. The summed E-state index contributed by atoms with van der Waals surface area (Å²) in [5.74, 6) is 1.94. The maximum atomic E-state index is 12.6. The van der Waals surface area contributed by atoms with Gasteiger partial charge in [-0.05, 0) is 61.4 Å². The van der Waals surface area contributed by atoms with Gasteiger partial charge in [0.2, 0.25) is 0 Å². The van der Waals surface area contributed by atoms with Crippen LogP contribution in [0.1, 0.15) is 23.2 Å². The molecule has 0 atom stereocenters. The van der Waals surface area contributed by atoms with Gasteiger partial charge in [-0.25, -0.2) is 4.98 Å². The van der Waals surface area contributed by atoms with Crippen molar-refractivity contribution in [2.75, 3.05) is 10.6 Å². The zero-order valence-electron chi connectivity index (χ0n) is 14.2. The average Bonchev–Trinajstić information content (AvgIpc) is 3.49. The Morgan fingerprint density at radius 3 is 2.38 bits per heavy atom. The molecule has 5 nitrogen and oxygen atoms in total. The van der Waals surface area contributed by atoms with Gasteiger partial charge < -0.3 is 15.4 Å². The first-order valence-electron chi connectivity index (χ1n) is 8.64. The van der Waals surface area contributed by atoms with E-state index in [0.717, 1.165) is 18.6 Å². The van der Waals surface area contributed by atoms with Gasteiger partial charge in [0, 0.05) is 17.9 Å². The molecule has 1 aliphatic carbocycles. The van der Waals surface area contributed by atoms with Crippen molar-refractivity contribution in [3.8, 4) is 11.5 Å². The van der Waals surface area contributed by atoms with E-state index in [4.69, 9.17) is 4.74 Å². The number of anilines is 2. The van der Waals surface area contributed by atoms with E-state index in [1.54, 1.807) is 18.3 Å². The topological polar surface area (TPSA) is 63.2 Å². The van der Waals surface area contributed by atoms with Crippen molar-refractivity contribution in [1.29, 1.82) is 0 Å². The second-order valence-corrected chi connectivity index (χ2v) is 6.21. The van der Waals surface area contributed by atoms with Gasteiger partial charge in [-0.1, -0.05) is 18.2 Å². The van der Waals surface area contributed by atoms with Crippen LogP contribution in [0.4, 0.5) is 11.5 Å². The highest BCUT2D eigenvalue weighted by Gasteiger charge is 2.23. The largest absolute Gasteiger partial charge is 0.457 e. The first-order valence-corrected chi connectivity index (χ1v) is 8.64. The van der Waals surface area contributed by atoms with Gasteiger partial charge in [0.1, 0.15) is 17.3 Å². The average molecular weight is 345 g/mol. The number of nitrogens with zero attached hydrogens (tertiary/aromatic N) is 1. The zero-order valence-corrected chi connectivity index (χ0v) is 14.2. The van der Waals surface area contributed by atoms with Gasteiger partial charge in [-0.3, -0.25) is 4.79 Å². The van der Waals surface area contributed by atoms with E-state index in [-0.39, 0.29) is 5.91 Å². The molecule has 26 heavy (non-hydrogen) atoms. The fourth-order valence-electron chi connectivity index (χ4n) is 2.55. The quantitative estimate of drug-likeness (QED) is 0.680. The molecule has 2 aromatic carbocycles. The molecule has 1 aromatic heterocycles. The Morgan fingerprint density at radius 1 is 0.923 bits per heavy atom. The fraction of sp³-hybridized carbons (Fsp3) is 0.143. The Hall–Kier alpha value is -3.34. The Kier molecular flexibility index (Phi) is 4.51. The molecule has 1 fully saturated rings. The third kappa shape index (κ3) is 4.00. The van der Waals surface area contributed by atoms with Crippen LogP contribution in [0.3, 0.4) is 0 Å². The third-order valence-corrected chi connectivity index (χ3v) is 4.06. The van der Waals surface area contributed by atoms with Gasteiger partial charge in [-0.2, -0.15) is 0 Å². The highest BCUT2D eigenvalue weighted by atomic mass is 16.5. The summed E-state index contributed by atoms with van der Waals surface area (Å²) >= 11 is 0. The summed E-state index contributed by atoms with van der Waals surface area (Å²) in [6.45, 7) is 0. The molecule has 1 saturated carbocycles. The summed E-state index contributed by atoms with van der Waals surface area (Å²) in [6, 6.07) is 20.9. The highest BCUT2D eigenvalue weighted by molar-refractivity contribution is 6.07. The Labute approximate surface area is 152 Å². The lowest BCUT2D eigenvalue weighted by atomic mass is 10.2. The second-order valence-electron chi connectivity index (χ2n) is 6.21. The molecule has 1 heterocycles.